The molecule has 4 nitrogen and oxygen atoms in total. The fraction of sp³-hybridized carbons (Fsp3) is 0.250. The van der Waals surface area contributed by atoms with Crippen molar-refractivity contribution >= 4 is 11.4 Å². The third-order valence-electron chi connectivity index (χ3n) is 1.56. The third-order valence-corrected chi connectivity index (χ3v) is 1.56. The number of hydrogen-bond donors (Lipinski definition) is 2. The van der Waals surface area contributed by atoms with Crippen LogP contribution in [0, 0.1) is 5.21 Å². The van der Waals surface area contributed by atoms with Gasteiger partial charge in [0.2, 0.25) is 0 Å². The number of nitrogens with two attached hydrogens (primary N) is 1. The molecule has 0 atom stereocenters. The van der Waals surface area contributed by atoms with Crippen molar-refractivity contribution in [2.45, 2.75) is 6.61 Å². The Labute approximate surface area is 70.9 Å². The molecule has 0 aliphatic carbocycles. The summed E-state index contributed by atoms with van der Waals surface area (Å²) < 4.78 is 4.90. The second-order valence-electron chi connectivity index (χ2n) is 2.45. The Balaban J connectivity index is 2.91. The zero-order valence-electron chi connectivity index (χ0n) is 6.83. The molecule has 1 rings (SSSR count). The first-order chi connectivity index (χ1) is 5.77. The monoisotopic (exact) mass is 167 g/mol. The summed E-state index contributed by atoms with van der Waals surface area (Å²) in [5.41, 5.74) is 9.36. The normalized spacial score (nSPS) is 9.83. The summed E-state index contributed by atoms with van der Waals surface area (Å²) in [7, 11) is 1.58. The van der Waals surface area contributed by atoms with Crippen molar-refractivity contribution < 1.29 is 4.74 Å². The van der Waals surface area contributed by atoms with Gasteiger partial charge < -0.3 is 21.2 Å². The van der Waals surface area contributed by atoms with E-state index in [1.54, 1.807) is 30.8 Å². The van der Waals surface area contributed by atoms with Gasteiger partial charge >= 0.3 is 0 Å². The molecule has 0 unspecified atom stereocenters. The fourth-order valence-electron chi connectivity index (χ4n) is 0.950. The third kappa shape index (κ3) is 1.87. The highest BCUT2D eigenvalue weighted by Crippen LogP contribution is 2.17. The Morgan fingerprint density at radius 2 is 2.33 bits per heavy atom. The van der Waals surface area contributed by atoms with Gasteiger partial charge in [-0.05, 0) is 18.2 Å². The minimum atomic E-state index is 0.418. The molecule has 3 N–H and O–H groups in total. The van der Waals surface area contributed by atoms with Crippen LogP contribution in [0.3, 0.4) is 0 Å². The molecule has 0 fully saturated rings. The van der Waals surface area contributed by atoms with Crippen molar-refractivity contribution in [3.63, 3.8) is 0 Å². The highest BCUT2D eigenvalue weighted by molar-refractivity contribution is 5.57. The second kappa shape index (κ2) is 3.94. The Kier molecular flexibility index (Phi) is 2.90. The molecule has 1 aromatic carbocycles. The van der Waals surface area contributed by atoms with Gasteiger partial charge in [0.05, 0.1) is 6.61 Å². The Morgan fingerprint density at radius 3 is 2.92 bits per heavy atom. The molecule has 1 aromatic rings. The smallest absolute Gasteiger partial charge is 0.0733 e. The van der Waals surface area contributed by atoms with Gasteiger partial charge in [-0.2, -0.15) is 0 Å². The van der Waals surface area contributed by atoms with Crippen LogP contribution in [0.25, 0.3) is 0 Å². The number of anilines is 2. The van der Waals surface area contributed by atoms with Gasteiger partial charge in [0.15, 0.2) is 0 Å². The van der Waals surface area contributed by atoms with Crippen molar-refractivity contribution in [3.05, 3.63) is 29.0 Å². The van der Waals surface area contributed by atoms with Crippen LogP contribution < -0.4 is 11.2 Å². The Hall–Kier alpha value is -1.26. The van der Waals surface area contributed by atoms with Gasteiger partial charge in [-0.25, -0.2) is 0 Å². The summed E-state index contributed by atoms with van der Waals surface area (Å²) in [6.45, 7) is 0.418. The van der Waals surface area contributed by atoms with Crippen molar-refractivity contribution in [1.82, 2.24) is 0 Å². The molecule has 0 amide bonds. The topological polar surface area (TPSA) is 70.3 Å². The minimum Gasteiger partial charge on any atom is -0.761 e. The Morgan fingerprint density at radius 1 is 1.58 bits per heavy atom. The van der Waals surface area contributed by atoms with E-state index >= 15 is 0 Å². The van der Waals surface area contributed by atoms with Crippen LogP contribution in [-0.4, -0.2) is 7.11 Å². The van der Waals surface area contributed by atoms with Crippen LogP contribution >= 0.6 is 0 Å². The quantitative estimate of drug-likeness (QED) is 0.526. The summed E-state index contributed by atoms with van der Waals surface area (Å²) >= 11 is 0. The zero-order valence-corrected chi connectivity index (χ0v) is 6.83. The van der Waals surface area contributed by atoms with Gasteiger partial charge in [-0.3, -0.25) is 0 Å². The van der Waals surface area contributed by atoms with Crippen molar-refractivity contribution in [3.8, 4) is 0 Å². The molecule has 0 saturated carbocycles. The number of nitrogen functional groups attached to an aromatic ring is 1. The Bertz CT molecular complexity index is 263. The number of ether oxygens (including phenoxy) is 1. The number of hydrogen-bond acceptors (Lipinski definition) is 4. The highest BCUT2D eigenvalue weighted by atomic mass is 16.5. The molecule has 0 spiro atoms. The second-order valence-corrected chi connectivity index (χ2v) is 2.45. The fourth-order valence-corrected chi connectivity index (χ4v) is 0.950. The first kappa shape index (κ1) is 8.83. The standard InChI is InChI=1S/C8H11N2O2/c1-12-5-6-4-7(10-11)2-3-8(6)9/h2-4,10H,5,9H2,1H3/q-1. The summed E-state index contributed by atoms with van der Waals surface area (Å²) in [5, 5.41) is 10.3. The summed E-state index contributed by atoms with van der Waals surface area (Å²) in [6.07, 6.45) is 0. The van der Waals surface area contributed by atoms with E-state index in [0.717, 1.165) is 5.56 Å². The molecule has 66 valence electrons. The molecular weight excluding hydrogens is 156 g/mol. The van der Waals surface area contributed by atoms with E-state index in [0.29, 0.717) is 18.0 Å². The van der Waals surface area contributed by atoms with E-state index in [9.17, 15) is 5.21 Å². The van der Waals surface area contributed by atoms with Gasteiger partial charge in [0, 0.05) is 24.0 Å². The summed E-state index contributed by atoms with van der Waals surface area (Å²) in [4.78, 5) is 0. The zero-order chi connectivity index (χ0) is 8.97. The highest BCUT2D eigenvalue weighted by Gasteiger charge is 1.97. The maximum atomic E-state index is 10.3. The molecule has 0 heterocycles. The lowest BCUT2D eigenvalue weighted by atomic mass is 10.2. The SMILES string of the molecule is COCc1cc(N[O-])ccc1N. The van der Waals surface area contributed by atoms with Gasteiger partial charge in [0.25, 0.3) is 0 Å². The van der Waals surface area contributed by atoms with Crippen LogP contribution in [0.2, 0.25) is 0 Å². The minimum absolute atomic E-state index is 0.418. The van der Waals surface area contributed by atoms with Gasteiger partial charge in [0.1, 0.15) is 0 Å². The van der Waals surface area contributed by atoms with Crippen LogP contribution in [0.15, 0.2) is 18.2 Å². The first-order valence-electron chi connectivity index (χ1n) is 3.53. The van der Waals surface area contributed by atoms with Crippen LogP contribution in [0.1, 0.15) is 5.56 Å². The van der Waals surface area contributed by atoms with Crippen molar-refractivity contribution in [2.75, 3.05) is 18.3 Å². The van der Waals surface area contributed by atoms with Crippen LogP contribution in [0.4, 0.5) is 11.4 Å². The van der Waals surface area contributed by atoms with Crippen LogP contribution in [0.5, 0.6) is 0 Å². The number of nitrogens with one attached hydrogen (secondary N) is 1. The number of methoxy groups -OCH3 is 1. The molecule has 0 aromatic heterocycles. The summed E-state index contributed by atoms with van der Waals surface area (Å²) in [6, 6.07) is 4.97. The lowest BCUT2D eigenvalue weighted by Gasteiger charge is -2.12. The summed E-state index contributed by atoms with van der Waals surface area (Å²) in [5.74, 6) is 0. The maximum Gasteiger partial charge on any atom is 0.0733 e. The molecule has 4 heteroatoms. The van der Waals surface area contributed by atoms with Gasteiger partial charge in [-0.15, -0.1) is 0 Å². The molecule has 0 saturated heterocycles. The van der Waals surface area contributed by atoms with E-state index in [1.807, 2.05) is 0 Å². The molecule has 0 bridgehead atoms. The van der Waals surface area contributed by atoms with E-state index in [2.05, 4.69) is 0 Å². The van der Waals surface area contributed by atoms with Crippen molar-refractivity contribution in [2.24, 2.45) is 0 Å². The number of benzene rings is 1. The predicted molar refractivity (Wildman–Crippen MR) is 48.6 cm³/mol. The molecule has 0 aliphatic heterocycles. The average Bonchev–Trinajstić information content (AvgIpc) is 2.09. The van der Waals surface area contributed by atoms with E-state index in [4.69, 9.17) is 10.5 Å². The predicted octanol–water partition coefficient (Wildman–Crippen LogP) is 1.32. The van der Waals surface area contributed by atoms with E-state index < -0.39 is 0 Å². The molecule has 0 aliphatic rings. The molecule has 12 heavy (non-hydrogen) atoms. The average molecular weight is 167 g/mol. The molecular formula is C8H11N2O2-. The van der Waals surface area contributed by atoms with Crippen molar-refractivity contribution in [1.29, 1.82) is 0 Å². The van der Waals surface area contributed by atoms with E-state index in [1.165, 1.54) is 0 Å². The number of rotatable bonds is 3. The maximum absolute atomic E-state index is 10.3. The lowest BCUT2D eigenvalue weighted by molar-refractivity contribution is 0.185. The first-order valence-corrected chi connectivity index (χ1v) is 3.53. The van der Waals surface area contributed by atoms with Gasteiger partial charge in [-0.1, -0.05) is 0 Å². The largest absolute Gasteiger partial charge is 0.761 e. The lowest BCUT2D eigenvalue weighted by Crippen LogP contribution is -1.97. The van der Waals surface area contributed by atoms with Crippen LogP contribution in [-0.2, 0) is 11.3 Å². The van der Waals surface area contributed by atoms with E-state index in [-0.39, 0.29) is 0 Å². The molecule has 0 radical (unpaired) electrons.